The second kappa shape index (κ2) is 8.52. The third-order valence-electron chi connectivity index (χ3n) is 2.83. The highest BCUT2D eigenvalue weighted by Gasteiger charge is 1.98. The van der Waals surface area contributed by atoms with Gasteiger partial charge < -0.3 is 10.6 Å². The second-order valence-electron chi connectivity index (χ2n) is 5.21. The van der Waals surface area contributed by atoms with Gasteiger partial charge in [0, 0.05) is 11.6 Å². The quantitative estimate of drug-likeness (QED) is 0.707. The summed E-state index contributed by atoms with van der Waals surface area (Å²) in [5, 5.41) is 7.73. The molecule has 0 spiro atoms. The van der Waals surface area contributed by atoms with Crippen LogP contribution in [0.15, 0.2) is 18.2 Å². The van der Waals surface area contributed by atoms with Gasteiger partial charge in [0.2, 0.25) is 0 Å². The molecule has 3 heteroatoms. The first-order chi connectivity index (χ1) is 8.59. The molecule has 0 aliphatic rings. The Labute approximate surface area is 116 Å². The molecular weight excluding hydrogens is 244 g/mol. The van der Waals surface area contributed by atoms with E-state index in [4.69, 9.17) is 11.6 Å². The van der Waals surface area contributed by atoms with Crippen molar-refractivity contribution in [3.63, 3.8) is 0 Å². The topological polar surface area (TPSA) is 24.1 Å². The molecule has 0 aliphatic carbocycles. The summed E-state index contributed by atoms with van der Waals surface area (Å²) in [5.74, 6) is 0.729. The van der Waals surface area contributed by atoms with Crippen LogP contribution in [0.1, 0.15) is 31.4 Å². The normalized spacial score (nSPS) is 11.2. The summed E-state index contributed by atoms with van der Waals surface area (Å²) >= 11 is 6.09. The lowest BCUT2D eigenvalue weighted by atomic mass is 10.1. The Morgan fingerprint density at radius 1 is 1.17 bits per heavy atom. The fourth-order valence-electron chi connectivity index (χ4n) is 1.71. The van der Waals surface area contributed by atoms with Gasteiger partial charge in [0.15, 0.2) is 0 Å². The third kappa shape index (κ3) is 6.39. The van der Waals surface area contributed by atoms with Crippen molar-refractivity contribution in [2.75, 3.05) is 19.6 Å². The van der Waals surface area contributed by atoms with Gasteiger partial charge in [-0.15, -0.1) is 0 Å². The Balaban J connectivity index is 2.09. The van der Waals surface area contributed by atoms with Gasteiger partial charge in [0.05, 0.1) is 0 Å². The smallest absolute Gasteiger partial charge is 0.0438 e. The van der Waals surface area contributed by atoms with E-state index in [1.165, 1.54) is 5.56 Å². The highest BCUT2D eigenvalue weighted by atomic mass is 35.5. The van der Waals surface area contributed by atoms with E-state index in [1.807, 2.05) is 13.0 Å². The SMILES string of the molecule is Cc1ccc(CNCCCNCC(C)C)cc1Cl. The lowest BCUT2D eigenvalue weighted by Gasteiger charge is -2.08. The van der Waals surface area contributed by atoms with Crippen LogP contribution in [0.5, 0.6) is 0 Å². The number of nitrogens with one attached hydrogen (secondary N) is 2. The Bertz CT molecular complexity index is 350. The van der Waals surface area contributed by atoms with E-state index in [1.54, 1.807) is 0 Å². The zero-order valence-electron chi connectivity index (χ0n) is 11.7. The summed E-state index contributed by atoms with van der Waals surface area (Å²) < 4.78 is 0. The van der Waals surface area contributed by atoms with Gasteiger partial charge in [-0.2, -0.15) is 0 Å². The summed E-state index contributed by atoms with van der Waals surface area (Å²) in [6.45, 7) is 10.6. The lowest BCUT2D eigenvalue weighted by Crippen LogP contribution is -2.24. The van der Waals surface area contributed by atoms with E-state index >= 15 is 0 Å². The molecule has 2 nitrogen and oxygen atoms in total. The largest absolute Gasteiger partial charge is 0.316 e. The molecule has 1 rings (SSSR count). The molecule has 0 unspecified atom stereocenters. The Morgan fingerprint density at radius 3 is 2.56 bits per heavy atom. The minimum atomic E-state index is 0.729. The summed E-state index contributed by atoms with van der Waals surface area (Å²) in [6.07, 6.45) is 1.16. The first kappa shape index (κ1) is 15.5. The van der Waals surface area contributed by atoms with Crippen LogP contribution in [0.3, 0.4) is 0 Å². The Morgan fingerprint density at radius 2 is 1.89 bits per heavy atom. The monoisotopic (exact) mass is 268 g/mol. The van der Waals surface area contributed by atoms with Gasteiger partial charge in [-0.05, 0) is 56.1 Å². The number of hydrogen-bond donors (Lipinski definition) is 2. The van der Waals surface area contributed by atoms with Crippen molar-refractivity contribution in [1.29, 1.82) is 0 Å². The van der Waals surface area contributed by atoms with Crippen molar-refractivity contribution in [2.24, 2.45) is 5.92 Å². The number of hydrogen-bond acceptors (Lipinski definition) is 2. The zero-order chi connectivity index (χ0) is 13.4. The van der Waals surface area contributed by atoms with Crippen LogP contribution < -0.4 is 10.6 Å². The van der Waals surface area contributed by atoms with E-state index in [2.05, 4.69) is 36.6 Å². The molecule has 0 saturated carbocycles. The maximum Gasteiger partial charge on any atom is 0.0438 e. The number of rotatable bonds is 8. The summed E-state index contributed by atoms with van der Waals surface area (Å²) in [5.41, 5.74) is 2.39. The molecule has 0 saturated heterocycles. The average Bonchev–Trinajstić information content (AvgIpc) is 2.32. The average molecular weight is 269 g/mol. The van der Waals surface area contributed by atoms with Crippen molar-refractivity contribution in [1.82, 2.24) is 10.6 Å². The minimum Gasteiger partial charge on any atom is -0.316 e. The molecule has 0 amide bonds. The first-order valence-electron chi connectivity index (χ1n) is 6.76. The molecule has 0 aliphatic heterocycles. The van der Waals surface area contributed by atoms with Gasteiger partial charge in [0.25, 0.3) is 0 Å². The van der Waals surface area contributed by atoms with Crippen LogP contribution in [0.25, 0.3) is 0 Å². The predicted octanol–water partition coefficient (Wildman–Crippen LogP) is 3.37. The highest BCUT2D eigenvalue weighted by Crippen LogP contribution is 2.16. The van der Waals surface area contributed by atoms with Crippen molar-refractivity contribution in [3.8, 4) is 0 Å². The van der Waals surface area contributed by atoms with Crippen molar-refractivity contribution >= 4 is 11.6 Å². The van der Waals surface area contributed by atoms with E-state index in [0.29, 0.717) is 0 Å². The van der Waals surface area contributed by atoms with Crippen molar-refractivity contribution < 1.29 is 0 Å². The molecule has 0 bridgehead atoms. The van der Waals surface area contributed by atoms with Crippen LogP contribution >= 0.6 is 11.6 Å². The van der Waals surface area contributed by atoms with E-state index < -0.39 is 0 Å². The number of benzene rings is 1. The van der Waals surface area contributed by atoms with Crippen molar-refractivity contribution in [2.45, 2.75) is 33.7 Å². The maximum absolute atomic E-state index is 6.09. The first-order valence-corrected chi connectivity index (χ1v) is 7.14. The fourth-order valence-corrected chi connectivity index (χ4v) is 1.91. The highest BCUT2D eigenvalue weighted by molar-refractivity contribution is 6.31. The van der Waals surface area contributed by atoms with Crippen LogP contribution in [-0.4, -0.2) is 19.6 Å². The van der Waals surface area contributed by atoms with Gasteiger partial charge in [-0.3, -0.25) is 0 Å². The molecule has 0 heterocycles. The zero-order valence-corrected chi connectivity index (χ0v) is 12.5. The van der Waals surface area contributed by atoms with Gasteiger partial charge in [0.1, 0.15) is 0 Å². The number of halogens is 1. The van der Waals surface area contributed by atoms with Crippen LogP contribution in [0.4, 0.5) is 0 Å². The molecule has 0 atom stereocenters. The summed E-state index contributed by atoms with van der Waals surface area (Å²) in [6, 6.07) is 6.25. The molecule has 0 aromatic heterocycles. The number of aryl methyl sites for hydroxylation is 1. The molecule has 1 aromatic rings. The van der Waals surface area contributed by atoms with Gasteiger partial charge >= 0.3 is 0 Å². The minimum absolute atomic E-state index is 0.729. The fraction of sp³-hybridized carbons (Fsp3) is 0.600. The molecule has 2 N–H and O–H groups in total. The Kier molecular flexibility index (Phi) is 7.33. The van der Waals surface area contributed by atoms with Crippen LogP contribution in [0.2, 0.25) is 5.02 Å². The molecular formula is C15H25ClN2. The standard InChI is InChI=1S/C15H25ClN2/c1-12(2)10-17-7-4-8-18-11-14-6-5-13(3)15(16)9-14/h5-6,9,12,17-18H,4,7-8,10-11H2,1-3H3. The maximum atomic E-state index is 6.09. The second-order valence-corrected chi connectivity index (χ2v) is 5.62. The van der Waals surface area contributed by atoms with Crippen LogP contribution in [-0.2, 0) is 6.54 Å². The molecule has 102 valence electrons. The molecule has 1 aromatic carbocycles. The van der Waals surface area contributed by atoms with Crippen molar-refractivity contribution in [3.05, 3.63) is 34.3 Å². The van der Waals surface area contributed by atoms with E-state index in [-0.39, 0.29) is 0 Å². The van der Waals surface area contributed by atoms with E-state index in [9.17, 15) is 0 Å². The summed E-state index contributed by atoms with van der Waals surface area (Å²) in [4.78, 5) is 0. The van der Waals surface area contributed by atoms with E-state index in [0.717, 1.165) is 49.1 Å². The molecule has 0 fully saturated rings. The van der Waals surface area contributed by atoms with Crippen LogP contribution in [0, 0.1) is 12.8 Å². The van der Waals surface area contributed by atoms with Gasteiger partial charge in [-0.25, -0.2) is 0 Å². The Hall–Kier alpha value is -0.570. The molecule has 18 heavy (non-hydrogen) atoms. The third-order valence-corrected chi connectivity index (χ3v) is 3.23. The predicted molar refractivity (Wildman–Crippen MR) is 80.2 cm³/mol. The summed E-state index contributed by atoms with van der Waals surface area (Å²) in [7, 11) is 0. The van der Waals surface area contributed by atoms with Gasteiger partial charge in [-0.1, -0.05) is 37.6 Å². The molecule has 0 radical (unpaired) electrons. The lowest BCUT2D eigenvalue weighted by molar-refractivity contribution is 0.530.